The molecule has 2 heterocycles. The zero-order valence-corrected chi connectivity index (χ0v) is 18.1. The number of hydrogen-bond donors (Lipinski definition) is 1. The highest BCUT2D eigenvalue weighted by Crippen LogP contribution is 2.32. The molecule has 1 N–H and O–H groups in total. The Hall–Kier alpha value is -3.05. The number of rotatable bonds is 5. The highest BCUT2D eigenvalue weighted by molar-refractivity contribution is 6.30. The van der Waals surface area contributed by atoms with Gasteiger partial charge in [-0.25, -0.2) is 0 Å². The molecule has 2 amide bonds. The van der Waals surface area contributed by atoms with E-state index in [2.05, 4.69) is 36.5 Å². The number of carbonyl (C=O) groups is 2. The van der Waals surface area contributed by atoms with Crippen LogP contribution in [-0.2, 0) is 11.2 Å². The summed E-state index contributed by atoms with van der Waals surface area (Å²) in [4.78, 5) is 27.9. The van der Waals surface area contributed by atoms with Crippen molar-refractivity contribution >= 4 is 29.1 Å². The highest BCUT2D eigenvalue weighted by atomic mass is 35.5. The maximum absolute atomic E-state index is 13.1. The van der Waals surface area contributed by atoms with Gasteiger partial charge in [-0.05, 0) is 48.2 Å². The molecule has 1 aliphatic rings. The first-order chi connectivity index (χ1) is 15.0. The van der Waals surface area contributed by atoms with Crippen molar-refractivity contribution in [2.24, 2.45) is 5.92 Å². The molecule has 0 radical (unpaired) electrons. The molecule has 0 aliphatic carbocycles. The summed E-state index contributed by atoms with van der Waals surface area (Å²) in [6, 6.07) is 17.2. The van der Waals surface area contributed by atoms with Crippen LogP contribution in [0.3, 0.4) is 0 Å². The topological polar surface area (TPSA) is 62.6 Å². The predicted molar refractivity (Wildman–Crippen MR) is 121 cm³/mol. The summed E-state index contributed by atoms with van der Waals surface area (Å²) in [7, 11) is 0. The molecule has 2 aromatic carbocycles. The molecule has 31 heavy (non-hydrogen) atoms. The van der Waals surface area contributed by atoms with E-state index in [0.717, 1.165) is 12.0 Å². The normalized spacial score (nSPS) is 18.6. The second-order valence-electron chi connectivity index (χ2n) is 7.95. The van der Waals surface area contributed by atoms with E-state index < -0.39 is 0 Å². The lowest BCUT2D eigenvalue weighted by molar-refractivity contribution is -0.121. The monoisotopic (exact) mass is 436 g/mol. The molecule has 0 bridgehead atoms. The third-order valence-electron chi connectivity index (χ3n) is 5.83. The summed E-state index contributed by atoms with van der Waals surface area (Å²) in [5.74, 6) is -0.489. The average molecular weight is 437 g/mol. The smallest absolute Gasteiger partial charge is 0.257 e. The van der Waals surface area contributed by atoms with Crippen molar-refractivity contribution in [1.82, 2.24) is 4.90 Å². The molecule has 1 aliphatic heterocycles. The summed E-state index contributed by atoms with van der Waals surface area (Å²) in [5.41, 5.74) is 3.55. The molecule has 2 atom stereocenters. The van der Waals surface area contributed by atoms with Crippen molar-refractivity contribution in [3.8, 4) is 0 Å². The molecular weight excluding hydrogens is 412 g/mol. The van der Waals surface area contributed by atoms with E-state index in [4.69, 9.17) is 16.0 Å². The zero-order valence-electron chi connectivity index (χ0n) is 17.4. The first kappa shape index (κ1) is 21.2. The number of amides is 2. The molecule has 4 rings (SSSR count). The molecule has 1 fully saturated rings. The van der Waals surface area contributed by atoms with Gasteiger partial charge in [0, 0.05) is 29.7 Å². The molecule has 0 unspecified atom stereocenters. The van der Waals surface area contributed by atoms with Crippen molar-refractivity contribution in [3.05, 3.63) is 88.8 Å². The Morgan fingerprint density at radius 1 is 1.13 bits per heavy atom. The van der Waals surface area contributed by atoms with Crippen molar-refractivity contribution in [3.63, 3.8) is 0 Å². The fourth-order valence-electron chi connectivity index (χ4n) is 4.10. The van der Waals surface area contributed by atoms with E-state index in [-0.39, 0.29) is 23.7 Å². The first-order valence-corrected chi connectivity index (χ1v) is 10.9. The molecule has 0 spiro atoms. The van der Waals surface area contributed by atoms with Crippen LogP contribution in [0, 0.1) is 5.92 Å². The van der Waals surface area contributed by atoms with E-state index >= 15 is 0 Å². The van der Waals surface area contributed by atoms with Gasteiger partial charge in [0.1, 0.15) is 6.26 Å². The van der Waals surface area contributed by atoms with E-state index in [9.17, 15) is 9.59 Å². The second kappa shape index (κ2) is 9.40. The Morgan fingerprint density at radius 3 is 2.61 bits per heavy atom. The Bertz CT molecular complexity index is 1050. The molecule has 5 nitrogen and oxygen atoms in total. The Balaban J connectivity index is 1.57. The van der Waals surface area contributed by atoms with Crippen LogP contribution in [0.1, 0.15) is 40.7 Å². The number of likely N-dealkylation sites (tertiary alicyclic amines) is 1. The maximum atomic E-state index is 13.1. The summed E-state index contributed by atoms with van der Waals surface area (Å²) in [6.45, 7) is 3.05. The number of hydrogen-bond acceptors (Lipinski definition) is 3. The van der Waals surface area contributed by atoms with Crippen molar-refractivity contribution < 1.29 is 14.0 Å². The van der Waals surface area contributed by atoms with Crippen LogP contribution in [0.4, 0.5) is 5.69 Å². The number of nitrogens with zero attached hydrogens (tertiary/aromatic N) is 1. The number of piperidine rings is 1. The fraction of sp³-hybridized carbons (Fsp3) is 0.280. The summed E-state index contributed by atoms with van der Waals surface area (Å²) < 4.78 is 5.09. The number of halogens is 1. The van der Waals surface area contributed by atoms with Gasteiger partial charge in [-0.2, -0.15) is 0 Å². The zero-order chi connectivity index (χ0) is 21.8. The Labute approximate surface area is 187 Å². The minimum absolute atomic E-state index is 0.0746. The third-order valence-corrected chi connectivity index (χ3v) is 6.06. The van der Waals surface area contributed by atoms with E-state index in [0.29, 0.717) is 35.8 Å². The quantitative estimate of drug-likeness (QED) is 0.584. The minimum Gasteiger partial charge on any atom is -0.472 e. The van der Waals surface area contributed by atoms with Gasteiger partial charge in [-0.3, -0.25) is 9.59 Å². The van der Waals surface area contributed by atoms with Crippen LogP contribution < -0.4 is 5.32 Å². The number of furan rings is 1. The molecule has 3 aromatic rings. The molecular formula is C25H25ClN2O3. The van der Waals surface area contributed by atoms with Crippen LogP contribution in [0.25, 0.3) is 0 Å². The molecule has 160 valence electrons. The van der Waals surface area contributed by atoms with Gasteiger partial charge < -0.3 is 14.6 Å². The lowest BCUT2D eigenvalue weighted by Gasteiger charge is -2.37. The van der Waals surface area contributed by atoms with E-state index in [1.54, 1.807) is 29.2 Å². The van der Waals surface area contributed by atoms with Crippen molar-refractivity contribution in [1.29, 1.82) is 0 Å². The summed E-state index contributed by atoms with van der Waals surface area (Å²) in [6.07, 6.45) is 4.58. The van der Waals surface area contributed by atoms with Crippen LogP contribution in [0.5, 0.6) is 0 Å². The van der Waals surface area contributed by atoms with Gasteiger partial charge in [-0.15, -0.1) is 0 Å². The fourth-order valence-corrected chi connectivity index (χ4v) is 4.29. The number of aryl methyl sites for hydroxylation is 1. The van der Waals surface area contributed by atoms with Gasteiger partial charge in [0.25, 0.3) is 5.91 Å². The molecule has 1 aromatic heterocycles. The minimum atomic E-state index is -0.334. The maximum Gasteiger partial charge on any atom is 0.257 e. The summed E-state index contributed by atoms with van der Waals surface area (Å²) >= 11 is 6.05. The molecule has 0 saturated carbocycles. The average Bonchev–Trinajstić information content (AvgIpc) is 3.33. The van der Waals surface area contributed by atoms with Crippen LogP contribution in [0.15, 0.2) is 71.5 Å². The standard InChI is InChI=1S/C25H25ClN2O3/c1-2-17-6-8-18(9-7-17)20-12-21(24(29)27-23-5-3-4-22(26)13-23)15-28(14-20)25(30)19-10-11-31-16-19/h3-11,13,16,20-21H,2,12,14-15H2,1H3,(H,27,29)/t20-,21+/m0/s1. The van der Waals surface area contributed by atoms with Crippen LogP contribution in [-0.4, -0.2) is 29.8 Å². The van der Waals surface area contributed by atoms with Gasteiger partial charge in [0.15, 0.2) is 0 Å². The lowest BCUT2D eigenvalue weighted by Crippen LogP contribution is -2.46. The van der Waals surface area contributed by atoms with Crippen LogP contribution in [0.2, 0.25) is 5.02 Å². The van der Waals surface area contributed by atoms with E-state index in [1.165, 1.54) is 18.1 Å². The summed E-state index contributed by atoms with van der Waals surface area (Å²) in [5, 5.41) is 3.52. The van der Waals surface area contributed by atoms with Gasteiger partial charge in [-0.1, -0.05) is 48.9 Å². The SMILES string of the molecule is CCc1ccc([C@H]2C[C@@H](C(=O)Nc3cccc(Cl)c3)CN(C(=O)c3ccoc3)C2)cc1. The largest absolute Gasteiger partial charge is 0.472 e. The Kier molecular flexibility index (Phi) is 6.42. The van der Waals surface area contributed by atoms with Crippen molar-refractivity contribution in [2.45, 2.75) is 25.7 Å². The predicted octanol–water partition coefficient (Wildman–Crippen LogP) is 5.38. The Morgan fingerprint density at radius 2 is 1.94 bits per heavy atom. The van der Waals surface area contributed by atoms with Gasteiger partial charge >= 0.3 is 0 Å². The number of benzene rings is 2. The third kappa shape index (κ3) is 5.00. The number of carbonyl (C=O) groups excluding carboxylic acids is 2. The molecule has 6 heteroatoms. The lowest BCUT2D eigenvalue weighted by atomic mass is 9.83. The number of anilines is 1. The van der Waals surface area contributed by atoms with Crippen LogP contribution >= 0.6 is 11.6 Å². The first-order valence-electron chi connectivity index (χ1n) is 10.5. The highest BCUT2D eigenvalue weighted by Gasteiger charge is 2.35. The van der Waals surface area contributed by atoms with Gasteiger partial charge in [0.05, 0.1) is 17.7 Å². The van der Waals surface area contributed by atoms with Crippen molar-refractivity contribution in [2.75, 3.05) is 18.4 Å². The number of nitrogens with one attached hydrogen (secondary N) is 1. The second-order valence-corrected chi connectivity index (χ2v) is 8.38. The van der Waals surface area contributed by atoms with Gasteiger partial charge in [0.2, 0.25) is 5.91 Å². The molecule has 1 saturated heterocycles. The van der Waals surface area contributed by atoms with E-state index in [1.807, 2.05) is 6.07 Å².